The molecule has 1 aliphatic heterocycles. The van der Waals surface area contributed by atoms with E-state index in [0.29, 0.717) is 19.5 Å². The van der Waals surface area contributed by atoms with Gasteiger partial charge in [-0.05, 0) is 47.5 Å². The summed E-state index contributed by atoms with van der Waals surface area (Å²) in [6.45, 7) is 12.0. The second kappa shape index (κ2) is 7.31. The molecule has 128 valence electrons. The zero-order valence-electron chi connectivity index (χ0n) is 14.6. The van der Waals surface area contributed by atoms with Gasteiger partial charge in [-0.1, -0.05) is 6.92 Å². The molecule has 0 aromatic rings. The molecule has 0 aromatic carbocycles. The van der Waals surface area contributed by atoms with E-state index in [1.54, 1.807) is 18.7 Å². The molecule has 0 saturated carbocycles. The van der Waals surface area contributed by atoms with E-state index in [1.807, 2.05) is 27.7 Å². The zero-order valence-corrected chi connectivity index (χ0v) is 14.6. The molecule has 0 N–H and O–H groups in total. The number of rotatable bonds is 5. The molecule has 0 bridgehead atoms. The fourth-order valence-electron chi connectivity index (χ4n) is 2.34. The Morgan fingerprint density at radius 2 is 1.91 bits per heavy atom. The molecule has 1 saturated heterocycles. The second-order valence-electron chi connectivity index (χ2n) is 7.02. The Morgan fingerprint density at radius 3 is 2.41 bits per heavy atom. The van der Waals surface area contributed by atoms with Crippen LogP contribution in [0.3, 0.4) is 0 Å². The number of esters is 1. The number of hydrogen-bond acceptors (Lipinski definition) is 5. The lowest BCUT2D eigenvalue weighted by Gasteiger charge is -2.29. The van der Waals surface area contributed by atoms with Crippen LogP contribution in [-0.2, 0) is 19.0 Å². The first-order valence-electron chi connectivity index (χ1n) is 7.88. The fourth-order valence-corrected chi connectivity index (χ4v) is 2.34. The smallest absolute Gasteiger partial charge is 0.410 e. The minimum atomic E-state index is -0.517. The van der Waals surface area contributed by atoms with Crippen molar-refractivity contribution in [1.82, 2.24) is 4.90 Å². The maximum Gasteiger partial charge on any atom is 0.410 e. The van der Waals surface area contributed by atoms with E-state index >= 15 is 0 Å². The highest BCUT2D eigenvalue weighted by molar-refractivity contribution is 5.71. The van der Waals surface area contributed by atoms with Crippen LogP contribution in [0.5, 0.6) is 0 Å². The van der Waals surface area contributed by atoms with Crippen molar-refractivity contribution in [2.75, 3.05) is 19.7 Å². The maximum absolute atomic E-state index is 12.1. The molecule has 22 heavy (non-hydrogen) atoms. The van der Waals surface area contributed by atoms with E-state index in [0.717, 1.165) is 6.42 Å². The summed E-state index contributed by atoms with van der Waals surface area (Å²) in [5.74, 6) is -0.376. The summed E-state index contributed by atoms with van der Waals surface area (Å²) in [4.78, 5) is 25.4. The van der Waals surface area contributed by atoms with E-state index in [2.05, 4.69) is 0 Å². The highest BCUT2D eigenvalue weighted by Crippen LogP contribution is 2.30. The van der Waals surface area contributed by atoms with Crippen LogP contribution >= 0.6 is 0 Å². The predicted molar refractivity (Wildman–Crippen MR) is 82.6 cm³/mol. The van der Waals surface area contributed by atoms with Gasteiger partial charge in [-0.15, -0.1) is 0 Å². The molecule has 6 nitrogen and oxygen atoms in total. The molecule has 1 amide bonds. The Bertz CT molecular complexity index is 402. The van der Waals surface area contributed by atoms with Gasteiger partial charge in [0.05, 0.1) is 18.2 Å². The van der Waals surface area contributed by atoms with E-state index in [1.165, 1.54) is 0 Å². The first-order valence-corrected chi connectivity index (χ1v) is 7.88. The van der Waals surface area contributed by atoms with Crippen LogP contribution in [0.25, 0.3) is 0 Å². The lowest BCUT2D eigenvalue weighted by atomic mass is 10.00. The minimum Gasteiger partial charge on any atom is -0.461 e. The molecule has 0 aliphatic carbocycles. The van der Waals surface area contributed by atoms with Crippen LogP contribution in [0.2, 0.25) is 0 Å². The highest BCUT2D eigenvalue weighted by Gasteiger charge is 2.41. The van der Waals surface area contributed by atoms with E-state index in [4.69, 9.17) is 14.2 Å². The maximum atomic E-state index is 12.1. The van der Waals surface area contributed by atoms with Gasteiger partial charge in [-0.25, -0.2) is 9.59 Å². The third kappa shape index (κ3) is 5.83. The van der Waals surface area contributed by atoms with Gasteiger partial charge in [0.15, 0.2) is 0 Å². The Hall–Kier alpha value is -1.30. The molecule has 0 aromatic heterocycles. The Labute approximate surface area is 133 Å². The molecule has 6 heteroatoms. The molecule has 1 aliphatic rings. The van der Waals surface area contributed by atoms with Crippen molar-refractivity contribution in [3.05, 3.63) is 0 Å². The van der Waals surface area contributed by atoms with Crippen molar-refractivity contribution >= 4 is 12.1 Å². The first-order chi connectivity index (χ1) is 10.1. The molecule has 1 atom stereocenters. The van der Waals surface area contributed by atoms with Crippen molar-refractivity contribution < 1.29 is 23.8 Å². The SMILES string of the molecule is CCC1(OCC(=O)OC(C)C)CCN(C(=O)OC(C)(C)C)C1. The minimum absolute atomic E-state index is 0.0891. The monoisotopic (exact) mass is 315 g/mol. The summed E-state index contributed by atoms with van der Waals surface area (Å²) in [5, 5.41) is 0. The Balaban J connectivity index is 2.55. The number of ether oxygens (including phenoxy) is 3. The van der Waals surface area contributed by atoms with Gasteiger partial charge in [0, 0.05) is 6.54 Å². The Kier molecular flexibility index (Phi) is 6.23. The van der Waals surface area contributed by atoms with Crippen LogP contribution in [0.1, 0.15) is 54.4 Å². The van der Waals surface area contributed by atoms with Crippen LogP contribution in [0.15, 0.2) is 0 Å². The highest BCUT2D eigenvalue weighted by atomic mass is 16.6. The summed E-state index contributed by atoms with van der Waals surface area (Å²) in [7, 11) is 0. The summed E-state index contributed by atoms with van der Waals surface area (Å²) in [6.07, 6.45) is 0.922. The van der Waals surface area contributed by atoms with Gasteiger partial charge in [0.2, 0.25) is 0 Å². The van der Waals surface area contributed by atoms with Gasteiger partial charge in [0.25, 0.3) is 0 Å². The standard InChI is InChI=1S/C16H29NO5/c1-7-16(20-10-13(18)21-12(2)3)8-9-17(11-16)14(19)22-15(4,5)6/h12H,7-11H2,1-6H3. The molecule has 0 spiro atoms. The second-order valence-corrected chi connectivity index (χ2v) is 7.02. The van der Waals surface area contributed by atoms with Gasteiger partial charge in [-0.3, -0.25) is 0 Å². The Morgan fingerprint density at radius 1 is 1.27 bits per heavy atom. The molecule has 1 fully saturated rings. The average Bonchev–Trinajstić information content (AvgIpc) is 2.79. The zero-order chi connectivity index (χ0) is 17.0. The van der Waals surface area contributed by atoms with Crippen molar-refractivity contribution in [3.63, 3.8) is 0 Å². The number of nitrogens with zero attached hydrogens (tertiary/aromatic N) is 1. The lowest BCUT2D eigenvalue weighted by Crippen LogP contribution is -2.41. The van der Waals surface area contributed by atoms with E-state index in [-0.39, 0.29) is 24.8 Å². The quantitative estimate of drug-likeness (QED) is 0.730. The molecule has 1 heterocycles. The number of likely N-dealkylation sites (tertiary alicyclic amines) is 1. The average molecular weight is 315 g/mol. The molecular weight excluding hydrogens is 286 g/mol. The number of hydrogen-bond donors (Lipinski definition) is 0. The van der Waals surface area contributed by atoms with E-state index < -0.39 is 11.2 Å². The molecule has 1 rings (SSSR count). The topological polar surface area (TPSA) is 65.1 Å². The van der Waals surface area contributed by atoms with Gasteiger partial charge in [-0.2, -0.15) is 0 Å². The summed E-state index contributed by atoms with van der Waals surface area (Å²) in [6, 6.07) is 0. The third-order valence-corrected chi connectivity index (χ3v) is 3.48. The third-order valence-electron chi connectivity index (χ3n) is 3.48. The normalized spacial score (nSPS) is 22.0. The largest absolute Gasteiger partial charge is 0.461 e. The summed E-state index contributed by atoms with van der Waals surface area (Å²) >= 11 is 0. The first kappa shape index (κ1) is 18.7. The number of carbonyl (C=O) groups is 2. The van der Waals surface area contributed by atoms with Gasteiger partial charge in [0.1, 0.15) is 12.2 Å². The number of carbonyl (C=O) groups excluding carboxylic acids is 2. The summed E-state index contributed by atoms with van der Waals surface area (Å²) < 4.78 is 16.2. The van der Waals surface area contributed by atoms with Gasteiger partial charge < -0.3 is 19.1 Å². The summed E-state index contributed by atoms with van der Waals surface area (Å²) in [5.41, 5.74) is -1.01. The van der Waals surface area contributed by atoms with Crippen molar-refractivity contribution in [2.45, 2.75) is 71.7 Å². The van der Waals surface area contributed by atoms with Crippen molar-refractivity contribution in [2.24, 2.45) is 0 Å². The predicted octanol–water partition coefficient (Wildman–Crippen LogP) is 2.74. The van der Waals surface area contributed by atoms with Crippen LogP contribution in [0.4, 0.5) is 4.79 Å². The van der Waals surface area contributed by atoms with Crippen LogP contribution in [0, 0.1) is 0 Å². The van der Waals surface area contributed by atoms with Crippen LogP contribution in [-0.4, -0.2) is 54.0 Å². The molecule has 1 unspecified atom stereocenters. The lowest BCUT2D eigenvalue weighted by molar-refractivity contribution is -0.159. The van der Waals surface area contributed by atoms with Crippen molar-refractivity contribution in [3.8, 4) is 0 Å². The molecular formula is C16H29NO5. The van der Waals surface area contributed by atoms with Crippen LogP contribution < -0.4 is 0 Å². The van der Waals surface area contributed by atoms with Crippen molar-refractivity contribution in [1.29, 1.82) is 0 Å². The van der Waals surface area contributed by atoms with E-state index in [9.17, 15) is 9.59 Å². The number of amides is 1. The van der Waals surface area contributed by atoms with Gasteiger partial charge >= 0.3 is 12.1 Å². The molecule has 0 radical (unpaired) electrons. The fraction of sp³-hybridized carbons (Fsp3) is 0.875.